The van der Waals surface area contributed by atoms with Gasteiger partial charge in [-0.15, -0.1) is 0 Å². The maximum atomic E-state index is 13.3. The lowest BCUT2D eigenvalue weighted by atomic mass is 9.99. The van der Waals surface area contributed by atoms with Gasteiger partial charge in [-0.2, -0.15) is 0 Å². The Kier molecular flexibility index (Phi) is 8.88. The zero-order valence-corrected chi connectivity index (χ0v) is 21.2. The lowest BCUT2D eigenvalue weighted by molar-refractivity contribution is -0.271. The third kappa shape index (κ3) is 6.47. The second-order valence-corrected chi connectivity index (χ2v) is 9.20. The van der Waals surface area contributed by atoms with Crippen LogP contribution in [-0.2, 0) is 19.1 Å². The Morgan fingerprint density at radius 3 is 2.32 bits per heavy atom. The number of aliphatic hydroxyl groups is 3. The van der Waals surface area contributed by atoms with E-state index in [1.807, 2.05) is 0 Å². The van der Waals surface area contributed by atoms with Crippen molar-refractivity contribution < 1.29 is 63.7 Å². The van der Waals surface area contributed by atoms with E-state index in [9.17, 15) is 44.7 Å². The molecule has 0 aliphatic carbocycles. The van der Waals surface area contributed by atoms with Crippen LogP contribution in [0.5, 0.6) is 17.2 Å². The van der Waals surface area contributed by atoms with Crippen molar-refractivity contribution >= 4 is 28.9 Å². The highest BCUT2D eigenvalue weighted by atomic mass is 16.7. The maximum absolute atomic E-state index is 13.3. The molecule has 2 heterocycles. The molecule has 0 amide bonds. The molecule has 41 heavy (non-hydrogen) atoms. The third-order valence-corrected chi connectivity index (χ3v) is 6.27. The highest BCUT2D eigenvalue weighted by Crippen LogP contribution is 2.38. The number of phenolic OH excluding ortho intramolecular Hbond substituents is 1. The molecule has 1 aromatic heterocycles. The number of carbonyl (C=O) groups is 3. The molecule has 6 N–H and O–H groups in total. The molecule has 0 radical (unpaired) electrons. The van der Waals surface area contributed by atoms with Crippen LogP contribution in [0.2, 0.25) is 0 Å². The van der Waals surface area contributed by atoms with Gasteiger partial charge in [-0.3, -0.25) is 14.4 Å². The van der Waals surface area contributed by atoms with Gasteiger partial charge in [0.2, 0.25) is 17.5 Å². The predicted molar refractivity (Wildman–Crippen MR) is 136 cm³/mol. The van der Waals surface area contributed by atoms with Crippen LogP contribution in [0.25, 0.3) is 22.3 Å². The van der Waals surface area contributed by atoms with Crippen molar-refractivity contribution in [3.05, 3.63) is 52.7 Å². The molecule has 3 aromatic rings. The molecular formula is C27H26O14. The fourth-order valence-corrected chi connectivity index (χ4v) is 4.14. The van der Waals surface area contributed by atoms with E-state index in [1.54, 1.807) is 12.1 Å². The van der Waals surface area contributed by atoms with Crippen molar-refractivity contribution in [1.29, 1.82) is 0 Å². The highest BCUT2D eigenvalue weighted by Gasteiger charge is 2.48. The number of rotatable bonds is 10. The number of benzene rings is 2. The molecule has 14 nitrogen and oxygen atoms in total. The van der Waals surface area contributed by atoms with Crippen molar-refractivity contribution in [1.82, 2.24) is 0 Å². The van der Waals surface area contributed by atoms with Gasteiger partial charge < -0.3 is 49.3 Å². The van der Waals surface area contributed by atoms with E-state index in [0.29, 0.717) is 0 Å². The van der Waals surface area contributed by atoms with Crippen LogP contribution in [0.1, 0.15) is 25.7 Å². The average Bonchev–Trinajstić information content (AvgIpc) is 2.93. The number of hydrogen-bond acceptors (Lipinski definition) is 12. The first-order chi connectivity index (χ1) is 19.5. The molecule has 0 bridgehead atoms. The normalized spacial score (nSPS) is 22.3. The molecule has 1 aliphatic rings. The summed E-state index contributed by atoms with van der Waals surface area (Å²) in [5.74, 6) is -5.11. The summed E-state index contributed by atoms with van der Waals surface area (Å²) in [6.45, 7) is 0. The van der Waals surface area contributed by atoms with Crippen LogP contribution in [0, 0.1) is 0 Å². The average molecular weight is 574 g/mol. The van der Waals surface area contributed by atoms with Crippen LogP contribution in [0.15, 0.2) is 51.7 Å². The lowest BCUT2D eigenvalue weighted by Gasteiger charge is -2.38. The summed E-state index contributed by atoms with van der Waals surface area (Å²) in [5.41, 5.74) is -0.504. The Bertz CT molecular complexity index is 1510. The molecule has 0 spiro atoms. The number of para-hydroxylation sites is 1. The van der Waals surface area contributed by atoms with Gasteiger partial charge in [0.15, 0.2) is 23.4 Å². The smallest absolute Gasteiger partial charge is 0.335 e. The van der Waals surface area contributed by atoms with Crippen LogP contribution in [0.4, 0.5) is 0 Å². The van der Waals surface area contributed by atoms with Gasteiger partial charge >= 0.3 is 17.9 Å². The number of fused-ring (bicyclic) bond motifs is 1. The molecule has 0 unspecified atom stereocenters. The minimum atomic E-state index is -1.96. The first kappa shape index (κ1) is 29.5. The van der Waals surface area contributed by atoms with Gasteiger partial charge in [-0.25, -0.2) is 4.79 Å². The maximum Gasteiger partial charge on any atom is 0.335 e. The standard InChI is InChI=1S/C27H26O14/c28-14-10-9-12(11-16(14)39-27-22(35)20(33)21(34)25(41-27)26(36)37)23-24(40-18(31)8-4-3-7-17(29)30)19(32)13-5-1-2-6-15(13)38-23/h1-2,5-6,9-11,20-22,25,27-28,33-35H,3-4,7-8H2,(H,29,30)(H,36,37)/t20-,21-,22+,25-,27+/m1/s1. The van der Waals surface area contributed by atoms with Gasteiger partial charge in [-0.05, 0) is 43.2 Å². The molecule has 14 heteroatoms. The van der Waals surface area contributed by atoms with Crippen LogP contribution >= 0.6 is 0 Å². The second kappa shape index (κ2) is 12.3. The summed E-state index contributed by atoms with van der Waals surface area (Å²) in [5, 5.41) is 58.7. The number of carboxylic acids is 2. The number of carboxylic acid groups (broad SMARTS) is 2. The second-order valence-electron chi connectivity index (χ2n) is 9.20. The highest BCUT2D eigenvalue weighted by molar-refractivity contribution is 5.84. The summed E-state index contributed by atoms with van der Waals surface area (Å²) in [6, 6.07) is 9.70. The topological polar surface area (TPSA) is 230 Å². The molecule has 1 saturated heterocycles. The Morgan fingerprint density at radius 2 is 1.61 bits per heavy atom. The molecular weight excluding hydrogens is 548 g/mol. The summed E-state index contributed by atoms with van der Waals surface area (Å²) in [4.78, 5) is 48.0. The monoisotopic (exact) mass is 574 g/mol. The zero-order chi connectivity index (χ0) is 29.8. The Hall–Kier alpha value is -4.50. The Balaban J connectivity index is 1.69. The van der Waals surface area contributed by atoms with Crippen LogP contribution in [-0.4, -0.2) is 79.3 Å². The SMILES string of the molecule is O=C(O)CCCCC(=O)Oc1c(-c2ccc(O)c(O[C@H]3O[C@@H](C(=O)O)[C@H](O)[C@@H](O)[C@@H]3O)c2)oc2ccccc2c1=O. The van der Waals surface area contributed by atoms with E-state index in [0.717, 1.165) is 12.1 Å². The summed E-state index contributed by atoms with van der Waals surface area (Å²) >= 11 is 0. The van der Waals surface area contributed by atoms with Gasteiger partial charge in [0.1, 0.15) is 23.9 Å². The number of unbranched alkanes of at least 4 members (excludes halogenated alkanes) is 1. The minimum Gasteiger partial charge on any atom is -0.504 e. The molecule has 2 aromatic carbocycles. The van der Waals surface area contributed by atoms with Crippen molar-refractivity contribution in [2.75, 3.05) is 0 Å². The van der Waals surface area contributed by atoms with Gasteiger partial charge in [0.05, 0.1) is 5.39 Å². The van der Waals surface area contributed by atoms with Crippen LogP contribution in [0.3, 0.4) is 0 Å². The number of hydrogen-bond donors (Lipinski definition) is 6. The lowest BCUT2D eigenvalue weighted by Crippen LogP contribution is -2.61. The fourth-order valence-electron chi connectivity index (χ4n) is 4.14. The Labute approximate surface area is 230 Å². The molecule has 218 valence electrons. The number of aromatic hydroxyl groups is 1. The predicted octanol–water partition coefficient (Wildman–Crippen LogP) is 0.987. The van der Waals surface area contributed by atoms with Gasteiger partial charge in [0, 0.05) is 18.4 Å². The van der Waals surface area contributed by atoms with Crippen molar-refractivity contribution in [2.24, 2.45) is 0 Å². The van der Waals surface area contributed by atoms with E-state index in [1.165, 1.54) is 18.2 Å². The van der Waals surface area contributed by atoms with E-state index >= 15 is 0 Å². The number of carbonyl (C=O) groups excluding carboxylic acids is 1. The molecule has 1 fully saturated rings. The van der Waals surface area contributed by atoms with Crippen molar-refractivity contribution in [2.45, 2.75) is 56.4 Å². The first-order valence-electron chi connectivity index (χ1n) is 12.4. The van der Waals surface area contributed by atoms with E-state index < -0.39 is 71.3 Å². The molecule has 1 aliphatic heterocycles. The Morgan fingerprint density at radius 1 is 0.902 bits per heavy atom. The third-order valence-electron chi connectivity index (χ3n) is 6.27. The van der Waals surface area contributed by atoms with E-state index in [-0.39, 0.29) is 48.0 Å². The van der Waals surface area contributed by atoms with E-state index in [2.05, 4.69) is 0 Å². The number of phenols is 1. The zero-order valence-electron chi connectivity index (χ0n) is 21.2. The summed E-state index contributed by atoms with van der Waals surface area (Å²) in [6.07, 6.45) is -9.56. The molecule has 5 atom stereocenters. The van der Waals surface area contributed by atoms with Crippen molar-refractivity contribution in [3.63, 3.8) is 0 Å². The number of ether oxygens (including phenoxy) is 3. The number of aliphatic carboxylic acids is 2. The quantitative estimate of drug-likeness (QED) is 0.146. The van der Waals surface area contributed by atoms with Crippen LogP contribution < -0.4 is 14.9 Å². The largest absolute Gasteiger partial charge is 0.504 e. The van der Waals surface area contributed by atoms with Crippen molar-refractivity contribution in [3.8, 4) is 28.6 Å². The fraction of sp³-hybridized carbons (Fsp3) is 0.333. The van der Waals surface area contributed by atoms with Gasteiger partial charge in [-0.1, -0.05) is 12.1 Å². The summed E-state index contributed by atoms with van der Waals surface area (Å²) < 4.78 is 21.8. The number of esters is 1. The molecule has 0 saturated carbocycles. The molecule has 4 rings (SSSR count). The summed E-state index contributed by atoms with van der Waals surface area (Å²) in [7, 11) is 0. The van der Waals surface area contributed by atoms with Gasteiger partial charge in [0.25, 0.3) is 0 Å². The first-order valence-corrected chi connectivity index (χ1v) is 12.4. The van der Waals surface area contributed by atoms with E-state index in [4.69, 9.17) is 23.7 Å². The minimum absolute atomic E-state index is 0.0509. The number of aliphatic hydroxyl groups excluding tert-OH is 3.